The molecule has 0 aliphatic carbocycles. The first-order chi connectivity index (χ1) is 4.46. The lowest BCUT2D eigenvalue weighted by molar-refractivity contribution is -0.373. The molecule has 60 valence electrons. The summed E-state index contributed by atoms with van der Waals surface area (Å²) in [6.45, 7) is -0.662. The van der Waals surface area contributed by atoms with Crippen LogP contribution in [0.3, 0.4) is 0 Å². The second kappa shape index (κ2) is 2.06. The van der Waals surface area contributed by atoms with Gasteiger partial charge in [0.15, 0.2) is 0 Å². The Morgan fingerprint density at radius 2 is 1.80 bits per heavy atom. The van der Waals surface area contributed by atoms with Crippen molar-refractivity contribution in [3.63, 3.8) is 0 Å². The van der Waals surface area contributed by atoms with Crippen molar-refractivity contribution in [2.24, 2.45) is 0 Å². The fraction of sp³-hybridized carbons (Fsp3) is 1.00. The van der Waals surface area contributed by atoms with Crippen LogP contribution in [0.1, 0.15) is 0 Å². The van der Waals surface area contributed by atoms with Gasteiger partial charge in [0.2, 0.25) is 0 Å². The maximum atomic E-state index is 12.0. The fourth-order valence-corrected chi connectivity index (χ4v) is 0.581. The third kappa shape index (κ3) is 1.08. The summed E-state index contributed by atoms with van der Waals surface area (Å²) in [6.07, 6.45) is -4.37. The molecular weight excluding hydrogens is 154 g/mol. The Morgan fingerprint density at radius 3 is 2.10 bits per heavy atom. The number of alkyl halides is 4. The lowest BCUT2D eigenvalue weighted by Gasteiger charge is -2.30. The summed E-state index contributed by atoms with van der Waals surface area (Å²) in [5, 5.41) is 1.34. The monoisotopic (exact) mass is 159 g/mol. The number of hydrogen-bond acceptors (Lipinski definition) is 2. The first kappa shape index (κ1) is 7.74. The lowest BCUT2D eigenvalue weighted by Crippen LogP contribution is -2.58. The van der Waals surface area contributed by atoms with E-state index in [1.54, 1.807) is 0 Å². The Balaban J connectivity index is 2.70. The van der Waals surface area contributed by atoms with Crippen LogP contribution in [0.25, 0.3) is 0 Å². The van der Waals surface area contributed by atoms with E-state index in [-0.39, 0.29) is 6.54 Å². The van der Waals surface area contributed by atoms with E-state index in [9.17, 15) is 17.6 Å². The maximum Gasteiger partial charge on any atom is 0.434 e. The summed E-state index contributed by atoms with van der Waals surface area (Å²) in [6, 6.07) is -4.23. The smallest absolute Gasteiger partial charge is 0.313 e. The third-order valence-electron chi connectivity index (χ3n) is 1.10. The summed E-state index contributed by atoms with van der Waals surface area (Å²) >= 11 is 0. The molecule has 0 aromatic carbocycles. The zero-order chi connectivity index (χ0) is 7.83. The van der Waals surface area contributed by atoms with Crippen LogP contribution < -0.4 is 5.32 Å². The predicted octanol–water partition coefficient (Wildman–Crippen LogP) is 0.792. The molecule has 1 aliphatic heterocycles. The second-order valence-electron chi connectivity index (χ2n) is 1.87. The van der Waals surface area contributed by atoms with Crippen LogP contribution in [0, 0.1) is 0 Å². The zero-order valence-electron chi connectivity index (χ0n) is 4.83. The van der Waals surface area contributed by atoms with Crippen molar-refractivity contribution in [1.82, 2.24) is 5.32 Å². The van der Waals surface area contributed by atoms with Gasteiger partial charge in [-0.2, -0.15) is 17.6 Å². The number of halogens is 4. The molecule has 1 N–H and O–H groups in total. The van der Waals surface area contributed by atoms with E-state index in [0.29, 0.717) is 0 Å². The topological polar surface area (TPSA) is 21.3 Å². The van der Waals surface area contributed by atoms with Crippen molar-refractivity contribution >= 4 is 0 Å². The molecule has 1 saturated heterocycles. The number of hydrogen-bond donors (Lipinski definition) is 1. The van der Waals surface area contributed by atoms with Gasteiger partial charge in [0, 0.05) is 6.54 Å². The molecule has 1 fully saturated rings. The van der Waals surface area contributed by atoms with Gasteiger partial charge in [0.1, 0.15) is 0 Å². The van der Waals surface area contributed by atoms with Gasteiger partial charge in [-0.05, 0) is 0 Å². The van der Waals surface area contributed by atoms with E-state index in [1.165, 1.54) is 5.32 Å². The predicted molar refractivity (Wildman–Crippen MR) is 23.8 cm³/mol. The minimum Gasteiger partial charge on any atom is -0.313 e. The Bertz CT molecular complexity index is 121. The molecule has 0 spiro atoms. The van der Waals surface area contributed by atoms with Crippen molar-refractivity contribution < 1.29 is 22.3 Å². The number of rotatable bonds is 0. The molecule has 2 nitrogen and oxygen atoms in total. The Morgan fingerprint density at radius 1 is 1.20 bits per heavy atom. The lowest BCUT2D eigenvalue weighted by atomic mass is 10.4. The van der Waals surface area contributed by atoms with Gasteiger partial charge in [0.25, 0.3) is 0 Å². The highest BCUT2D eigenvalue weighted by atomic mass is 19.3. The highest BCUT2D eigenvalue weighted by molar-refractivity contribution is 4.77. The summed E-state index contributed by atoms with van der Waals surface area (Å²) in [4.78, 5) is 0. The molecule has 10 heavy (non-hydrogen) atoms. The van der Waals surface area contributed by atoms with Crippen LogP contribution in [-0.2, 0) is 4.74 Å². The van der Waals surface area contributed by atoms with Crippen molar-refractivity contribution in [3.05, 3.63) is 0 Å². The molecular formula is C4H5F4NO. The first-order valence-corrected chi connectivity index (χ1v) is 2.60. The van der Waals surface area contributed by atoms with Crippen molar-refractivity contribution in [1.29, 1.82) is 0 Å². The summed E-state index contributed by atoms with van der Waals surface area (Å²) in [5.41, 5.74) is 0. The van der Waals surface area contributed by atoms with Crippen molar-refractivity contribution in [3.8, 4) is 0 Å². The average Bonchev–Trinajstić information content (AvgIpc) is 1.77. The van der Waals surface area contributed by atoms with Crippen molar-refractivity contribution in [2.45, 2.75) is 12.2 Å². The summed E-state index contributed by atoms with van der Waals surface area (Å²) < 4.78 is 51.4. The molecule has 0 saturated carbocycles. The van der Waals surface area contributed by atoms with E-state index in [1.807, 2.05) is 0 Å². The van der Waals surface area contributed by atoms with E-state index >= 15 is 0 Å². The van der Waals surface area contributed by atoms with Crippen LogP contribution in [0.5, 0.6) is 0 Å². The molecule has 1 heterocycles. The minimum absolute atomic E-state index is 0.261. The number of ether oxygens (including phenoxy) is 1. The fourth-order valence-electron chi connectivity index (χ4n) is 0.581. The Kier molecular flexibility index (Phi) is 1.60. The highest BCUT2D eigenvalue weighted by Gasteiger charge is 2.59. The average molecular weight is 159 g/mol. The maximum absolute atomic E-state index is 12.0. The molecule has 0 unspecified atom stereocenters. The molecule has 0 atom stereocenters. The zero-order valence-corrected chi connectivity index (χ0v) is 4.83. The van der Waals surface area contributed by atoms with Gasteiger partial charge < -0.3 is 4.74 Å². The minimum atomic E-state index is -4.37. The molecule has 0 amide bonds. The van der Waals surface area contributed by atoms with Gasteiger partial charge in [-0.3, -0.25) is 0 Å². The third-order valence-corrected chi connectivity index (χ3v) is 1.10. The van der Waals surface area contributed by atoms with Crippen molar-refractivity contribution in [2.75, 3.05) is 13.2 Å². The standard InChI is InChI=1S/C4H5F4NO/c5-3(6)4(7,8)10-2-1-9-3/h9H,1-2H2. The van der Waals surface area contributed by atoms with Gasteiger partial charge in [0.05, 0.1) is 6.61 Å². The number of nitrogens with one attached hydrogen (secondary N) is 1. The summed E-state index contributed by atoms with van der Waals surface area (Å²) in [7, 11) is 0. The molecule has 1 aliphatic rings. The van der Waals surface area contributed by atoms with E-state index in [0.717, 1.165) is 0 Å². The molecule has 0 aromatic heterocycles. The first-order valence-electron chi connectivity index (χ1n) is 2.60. The van der Waals surface area contributed by atoms with Gasteiger partial charge in [-0.1, -0.05) is 0 Å². The molecule has 0 aromatic rings. The van der Waals surface area contributed by atoms with E-state index in [2.05, 4.69) is 4.74 Å². The molecule has 0 bridgehead atoms. The van der Waals surface area contributed by atoms with Crippen LogP contribution in [0.4, 0.5) is 17.6 Å². The highest BCUT2D eigenvalue weighted by Crippen LogP contribution is 2.34. The second-order valence-corrected chi connectivity index (χ2v) is 1.87. The van der Waals surface area contributed by atoms with Crippen LogP contribution >= 0.6 is 0 Å². The SMILES string of the molecule is FC1(F)NCCOC1(F)F. The van der Waals surface area contributed by atoms with E-state index < -0.39 is 18.8 Å². The molecule has 6 heteroatoms. The normalized spacial score (nSPS) is 30.0. The quantitative estimate of drug-likeness (QED) is 0.416. The van der Waals surface area contributed by atoms with Crippen LogP contribution in [-0.4, -0.2) is 25.3 Å². The van der Waals surface area contributed by atoms with Gasteiger partial charge in [-0.25, -0.2) is 5.32 Å². The van der Waals surface area contributed by atoms with Gasteiger partial charge >= 0.3 is 12.2 Å². The summed E-state index contributed by atoms with van der Waals surface area (Å²) in [5.74, 6) is 0. The molecule has 0 radical (unpaired) electrons. The molecule has 1 rings (SSSR count). The Hall–Kier alpha value is -0.360. The Labute approximate surface area is 54.2 Å². The van der Waals surface area contributed by atoms with E-state index in [4.69, 9.17) is 0 Å². The largest absolute Gasteiger partial charge is 0.434 e. The van der Waals surface area contributed by atoms with Crippen LogP contribution in [0.15, 0.2) is 0 Å². The number of morpholine rings is 1. The van der Waals surface area contributed by atoms with Gasteiger partial charge in [-0.15, -0.1) is 0 Å². The van der Waals surface area contributed by atoms with Crippen LogP contribution in [0.2, 0.25) is 0 Å².